The number of ether oxygens (including phenoxy) is 1. The molecule has 1 N–H and O–H groups in total. The first kappa shape index (κ1) is 8.81. The summed E-state index contributed by atoms with van der Waals surface area (Å²) in [5.41, 5.74) is 2.45. The van der Waals surface area contributed by atoms with Gasteiger partial charge in [-0.15, -0.1) is 0 Å². The lowest BCUT2D eigenvalue weighted by Gasteiger charge is -2.01. The molecule has 0 saturated carbocycles. The highest BCUT2D eigenvalue weighted by molar-refractivity contribution is 5.30. The smallest absolute Gasteiger partial charge is 0.118 e. The van der Waals surface area contributed by atoms with Crippen LogP contribution in [0.1, 0.15) is 11.1 Å². The van der Waals surface area contributed by atoms with E-state index in [1.54, 1.807) is 7.11 Å². The second-order valence-corrected chi connectivity index (χ2v) is 3.13. The molecule has 3 nitrogen and oxygen atoms in total. The van der Waals surface area contributed by atoms with Gasteiger partial charge in [-0.3, -0.25) is 5.10 Å². The molecule has 1 aromatic carbocycles. The summed E-state index contributed by atoms with van der Waals surface area (Å²) in [6.07, 6.45) is 4.65. The van der Waals surface area contributed by atoms with Crippen molar-refractivity contribution in [3.63, 3.8) is 0 Å². The largest absolute Gasteiger partial charge is 0.497 e. The fraction of sp³-hybridized carbons (Fsp3) is 0.182. The van der Waals surface area contributed by atoms with Gasteiger partial charge in [0.05, 0.1) is 13.3 Å². The molecule has 2 rings (SSSR count). The van der Waals surface area contributed by atoms with Crippen LogP contribution in [0.2, 0.25) is 0 Å². The van der Waals surface area contributed by atoms with E-state index < -0.39 is 0 Å². The molecule has 0 spiro atoms. The van der Waals surface area contributed by atoms with E-state index in [0.717, 1.165) is 12.2 Å². The molecule has 0 saturated heterocycles. The Morgan fingerprint density at radius 1 is 1.21 bits per heavy atom. The molecular formula is C11H12N2O. The number of aromatic amines is 1. The first-order valence-electron chi connectivity index (χ1n) is 4.49. The normalized spacial score (nSPS) is 10.1. The van der Waals surface area contributed by atoms with E-state index in [2.05, 4.69) is 22.3 Å². The van der Waals surface area contributed by atoms with Gasteiger partial charge in [-0.2, -0.15) is 5.10 Å². The molecule has 0 fully saturated rings. The van der Waals surface area contributed by atoms with E-state index in [4.69, 9.17) is 4.74 Å². The summed E-state index contributed by atoms with van der Waals surface area (Å²) in [6, 6.07) is 8.06. The van der Waals surface area contributed by atoms with Crippen molar-refractivity contribution >= 4 is 0 Å². The van der Waals surface area contributed by atoms with Gasteiger partial charge in [0.25, 0.3) is 0 Å². The summed E-state index contributed by atoms with van der Waals surface area (Å²) in [4.78, 5) is 0. The Kier molecular flexibility index (Phi) is 2.49. The summed E-state index contributed by atoms with van der Waals surface area (Å²) >= 11 is 0. The van der Waals surface area contributed by atoms with Crippen molar-refractivity contribution in [2.45, 2.75) is 6.42 Å². The fourth-order valence-electron chi connectivity index (χ4n) is 1.35. The molecule has 0 aliphatic carbocycles. The maximum atomic E-state index is 5.09. The lowest BCUT2D eigenvalue weighted by Crippen LogP contribution is -1.87. The number of nitrogens with zero attached hydrogens (tertiary/aromatic N) is 1. The molecule has 0 aliphatic heterocycles. The first-order valence-corrected chi connectivity index (χ1v) is 4.49. The summed E-state index contributed by atoms with van der Waals surface area (Å²) in [5, 5.41) is 6.70. The molecule has 0 aliphatic rings. The van der Waals surface area contributed by atoms with Crippen molar-refractivity contribution < 1.29 is 4.74 Å². The van der Waals surface area contributed by atoms with Crippen LogP contribution in [-0.4, -0.2) is 17.3 Å². The zero-order valence-electron chi connectivity index (χ0n) is 8.03. The van der Waals surface area contributed by atoms with Crippen molar-refractivity contribution in [3.8, 4) is 5.75 Å². The van der Waals surface area contributed by atoms with Crippen molar-refractivity contribution in [3.05, 3.63) is 47.8 Å². The second-order valence-electron chi connectivity index (χ2n) is 3.13. The third kappa shape index (κ3) is 1.93. The highest BCUT2D eigenvalue weighted by Gasteiger charge is 1.97. The van der Waals surface area contributed by atoms with Crippen molar-refractivity contribution in [2.24, 2.45) is 0 Å². The maximum absolute atomic E-state index is 5.09. The molecule has 3 heteroatoms. The minimum absolute atomic E-state index is 0.890. The molecule has 1 heterocycles. The minimum atomic E-state index is 0.890. The fourth-order valence-corrected chi connectivity index (χ4v) is 1.35. The second kappa shape index (κ2) is 3.96. The van der Waals surface area contributed by atoms with Crippen LogP contribution in [0.5, 0.6) is 5.75 Å². The Bertz CT molecular complexity index is 378. The number of aromatic nitrogens is 2. The summed E-state index contributed by atoms with van der Waals surface area (Å²) in [5.74, 6) is 0.890. The summed E-state index contributed by atoms with van der Waals surface area (Å²) < 4.78 is 5.09. The monoisotopic (exact) mass is 188 g/mol. The first-order chi connectivity index (χ1) is 6.88. The number of hydrogen-bond acceptors (Lipinski definition) is 2. The molecule has 14 heavy (non-hydrogen) atoms. The zero-order valence-corrected chi connectivity index (χ0v) is 8.03. The summed E-state index contributed by atoms with van der Waals surface area (Å²) in [6.45, 7) is 0. The standard InChI is InChI=1S/C11H12N2O/c1-14-11-4-2-9(3-5-11)6-10-7-12-13-8-10/h2-5,7-8H,6H2,1H3,(H,12,13). The third-order valence-corrected chi connectivity index (χ3v) is 2.12. The molecule has 0 amide bonds. The molecule has 0 atom stereocenters. The van der Waals surface area contributed by atoms with E-state index >= 15 is 0 Å². The van der Waals surface area contributed by atoms with Gasteiger partial charge in [-0.1, -0.05) is 12.1 Å². The minimum Gasteiger partial charge on any atom is -0.497 e. The molecule has 2 aromatic rings. The van der Waals surface area contributed by atoms with Gasteiger partial charge in [0.2, 0.25) is 0 Å². The van der Waals surface area contributed by atoms with E-state index in [1.807, 2.05) is 24.5 Å². The van der Waals surface area contributed by atoms with Crippen LogP contribution in [-0.2, 0) is 6.42 Å². The molecule has 72 valence electrons. The Balaban J connectivity index is 2.10. The van der Waals surface area contributed by atoms with Gasteiger partial charge in [-0.05, 0) is 23.3 Å². The van der Waals surface area contributed by atoms with Crippen LogP contribution in [0.25, 0.3) is 0 Å². The lowest BCUT2D eigenvalue weighted by atomic mass is 10.1. The number of methoxy groups -OCH3 is 1. The van der Waals surface area contributed by atoms with Gasteiger partial charge in [0.1, 0.15) is 5.75 Å². The molecule has 0 unspecified atom stereocenters. The van der Waals surface area contributed by atoms with Crippen LogP contribution in [0.4, 0.5) is 0 Å². The zero-order chi connectivity index (χ0) is 9.80. The molecular weight excluding hydrogens is 176 g/mol. The number of rotatable bonds is 3. The van der Waals surface area contributed by atoms with Gasteiger partial charge in [0, 0.05) is 12.6 Å². The van der Waals surface area contributed by atoms with Crippen LogP contribution < -0.4 is 4.74 Å². The van der Waals surface area contributed by atoms with Crippen molar-refractivity contribution in [1.29, 1.82) is 0 Å². The van der Waals surface area contributed by atoms with Crippen molar-refractivity contribution in [2.75, 3.05) is 7.11 Å². The van der Waals surface area contributed by atoms with Crippen LogP contribution in [0.15, 0.2) is 36.7 Å². The number of hydrogen-bond donors (Lipinski definition) is 1. The number of nitrogens with one attached hydrogen (secondary N) is 1. The van der Waals surface area contributed by atoms with Crippen molar-refractivity contribution in [1.82, 2.24) is 10.2 Å². The number of benzene rings is 1. The average Bonchev–Trinajstić information content (AvgIpc) is 2.72. The number of H-pyrrole nitrogens is 1. The third-order valence-electron chi connectivity index (χ3n) is 2.12. The molecule has 0 bridgehead atoms. The molecule has 1 aromatic heterocycles. The van der Waals surface area contributed by atoms with E-state index in [9.17, 15) is 0 Å². The van der Waals surface area contributed by atoms with Gasteiger partial charge < -0.3 is 4.74 Å². The van der Waals surface area contributed by atoms with E-state index in [0.29, 0.717) is 0 Å². The maximum Gasteiger partial charge on any atom is 0.118 e. The predicted molar refractivity (Wildman–Crippen MR) is 54.4 cm³/mol. The molecule has 0 radical (unpaired) electrons. The van der Waals surface area contributed by atoms with Crippen LogP contribution >= 0.6 is 0 Å². The lowest BCUT2D eigenvalue weighted by molar-refractivity contribution is 0.414. The van der Waals surface area contributed by atoms with Crippen LogP contribution in [0, 0.1) is 0 Å². The Hall–Kier alpha value is -1.77. The Labute approximate surface area is 82.7 Å². The van der Waals surface area contributed by atoms with E-state index in [-0.39, 0.29) is 0 Å². The highest BCUT2D eigenvalue weighted by atomic mass is 16.5. The predicted octanol–water partition coefficient (Wildman–Crippen LogP) is 2.01. The highest BCUT2D eigenvalue weighted by Crippen LogP contribution is 2.13. The SMILES string of the molecule is COc1ccc(Cc2cn[nH]c2)cc1. The van der Waals surface area contributed by atoms with Gasteiger partial charge in [0.15, 0.2) is 0 Å². The van der Waals surface area contributed by atoms with Gasteiger partial charge in [-0.25, -0.2) is 0 Å². The van der Waals surface area contributed by atoms with Crippen LogP contribution in [0.3, 0.4) is 0 Å². The Morgan fingerprint density at radius 3 is 2.57 bits per heavy atom. The van der Waals surface area contributed by atoms with Gasteiger partial charge >= 0.3 is 0 Å². The average molecular weight is 188 g/mol. The summed E-state index contributed by atoms with van der Waals surface area (Å²) in [7, 11) is 1.67. The van der Waals surface area contributed by atoms with E-state index in [1.165, 1.54) is 11.1 Å². The topological polar surface area (TPSA) is 37.9 Å². The quantitative estimate of drug-likeness (QED) is 0.800. The Morgan fingerprint density at radius 2 is 2.00 bits per heavy atom.